The van der Waals surface area contributed by atoms with Crippen LogP contribution in [0.1, 0.15) is 6.92 Å². The van der Waals surface area contributed by atoms with Crippen LogP contribution < -0.4 is 0 Å². The summed E-state index contributed by atoms with van der Waals surface area (Å²) in [7, 11) is 1.46. The first-order valence-electron chi connectivity index (χ1n) is 2.77. The molecule has 0 saturated heterocycles. The van der Waals surface area contributed by atoms with Crippen molar-refractivity contribution in [1.82, 2.24) is 0 Å². The van der Waals surface area contributed by atoms with Crippen LogP contribution in [-0.2, 0) is 9.53 Å². The number of aliphatic hydroxyl groups excluding tert-OH is 1. The second-order valence-electron chi connectivity index (χ2n) is 1.72. The number of aliphatic hydroxyl groups is 1. The molecular weight excluding hydrogens is 132 g/mol. The molecule has 10 heavy (non-hydrogen) atoms. The average molecular weight is 142 g/mol. The first-order chi connectivity index (χ1) is 4.66. The number of hydrogen-bond acceptors (Lipinski definition) is 3. The highest BCUT2D eigenvalue weighted by molar-refractivity contribution is 5.87. The zero-order valence-corrected chi connectivity index (χ0v) is 6.00. The minimum Gasteiger partial charge on any atom is -0.508 e. The van der Waals surface area contributed by atoms with E-state index in [1.54, 1.807) is 0 Å². The number of rotatable bonds is 3. The first-order valence-corrected chi connectivity index (χ1v) is 2.77. The van der Waals surface area contributed by atoms with E-state index in [1.165, 1.54) is 26.4 Å². The largest absolute Gasteiger partial charge is 0.508 e. The van der Waals surface area contributed by atoms with E-state index >= 15 is 0 Å². The quantitative estimate of drug-likeness (QED) is 0.365. The van der Waals surface area contributed by atoms with E-state index < -0.39 is 0 Å². The smallest absolute Gasteiger partial charge is 0.156 e. The molecule has 0 aliphatic heterocycles. The van der Waals surface area contributed by atoms with Crippen LogP contribution in [0.4, 0.5) is 0 Å². The van der Waals surface area contributed by atoms with Gasteiger partial charge in [0, 0.05) is 12.2 Å². The van der Waals surface area contributed by atoms with Crippen molar-refractivity contribution in [2.75, 3.05) is 7.11 Å². The normalized spacial score (nSPS) is 12.0. The number of ether oxygens (including phenoxy) is 1. The maximum Gasteiger partial charge on any atom is 0.156 e. The Morgan fingerprint density at radius 1 is 1.60 bits per heavy atom. The van der Waals surface area contributed by atoms with Crippen LogP contribution in [-0.4, -0.2) is 18.0 Å². The highest BCUT2D eigenvalue weighted by Gasteiger charge is 1.87. The van der Waals surface area contributed by atoms with Crippen LogP contribution in [0.3, 0.4) is 0 Å². The Bertz CT molecular complexity index is 168. The summed E-state index contributed by atoms with van der Waals surface area (Å²) >= 11 is 0. The van der Waals surface area contributed by atoms with Crippen molar-refractivity contribution in [2.45, 2.75) is 6.92 Å². The third kappa shape index (κ3) is 4.90. The summed E-state index contributed by atoms with van der Waals surface area (Å²) in [6.45, 7) is 1.36. The van der Waals surface area contributed by atoms with Crippen LogP contribution in [0.15, 0.2) is 24.2 Å². The van der Waals surface area contributed by atoms with Gasteiger partial charge in [-0.3, -0.25) is 4.79 Å². The summed E-state index contributed by atoms with van der Waals surface area (Å²) in [4.78, 5) is 10.3. The molecule has 0 unspecified atom stereocenters. The molecule has 0 rings (SSSR count). The van der Waals surface area contributed by atoms with Crippen molar-refractivity contribution in [1.29, 1.82) is 0 Å². The molecule has 0 amide bonds. The summed E-state index contributed by atoms with van der Waals surface area (Å²) < 4.78 is 4.50. The molecule has 0 aromatic rings. The van der Waals surface area contributed by atoms with Crippen molar-refractivity contribution in [3.63, 3.8) is 0 Å². The van der Waals surface area contributed by atoms with Gasteiger partial charge in [-0.05, 0) is 6.92 Å². The number of carbonyl (C=O) groups excluding carboxylic acids is 1. The summed E-state index contributed by atoms with van der Waals surface area (Å²) in [5.74, 6) is -0.299. The van der Waals surface area contributed by atoms with Crippen LogP contribution in [0.5, 0.6) is 0 Å². The molecule has 0 aromatic carbocycles. The van der Waals surface area contributed by atoms with Crippen molar-refractivity contribution in [3.05, 3.63) is 24.2 Å². The van der Waals surface area contributed by atoms with Crippen LogP contribution in [0.2, 0.25) is 0 Å². The van der Waals surface area contributed by atoms with E-state index in [9.17, 15) is 4.79 Å². The number of carbonyl (C=O) groups is 1. The van der Waals surface area contributed by atoms with E-state index in [0.717, 1.165) is 6.08 Å². The third-order valence-electron chi connectivity index (χ3n) is 0.726. The zero-order valence-electron chi connectivity index (χ0n) is 6.00. The fraction of sp³-hybridized carbons (Fsp3) is 0.286. The van der Waals surface area contributed by atoms with Gasteiger partial charge in [-0.1, -0.05) is 0 Å². The maximum absolute atomic E-state index is 10.3. The molecule has 1 N–H and O–H groups in total. The van der Waals surface area contributed by atoms with Crippen molar-refractivity contribution in [2.24, 2.45) is 0 Å². The molecule has 0 spiro atoms. The number of methoxy groups -OCH3 is 1. The Morgan fingerprint density at radius 2 is 2.20 bits per heavy atom. The molecule has 0 fully saturated rings. The predicted molar refractivity (Wildman–Crippen MR) is 37.5 cm³/mol. The van der Waals surface area contributed by atoms with Crippen molar-refractivity contribution >= 4 is 5.78 Å². The molecule has 0 aliphatic rings. The maximum atomic E-state index is 10.3. The van der Waals surface area contributed by atoms with Gasteiger partial charge in [-0.15, -0.1) is 0 Å². The second-order valence-corrected chi connectivity index (χ2v) is 1.72. The molecule has 0 atom stereocenters. The Kier molecular flexibility index (Phi) is 4.04. The summed E-state index contributed by atoms with van der Waals surface area (Å²) in [6, 6.07) is 0. The Hall–Kier alpha value is -1.25. The molecule has 0 aromatic heterocycles. The van der Waals surface area contributed by atoms with Gasteiger partial charge >= 0.3 is 0 Å². The summed E-state index contributed by atoms with van der Waals surface area (Å²) in [5.41, 5.74) is 0. The van der Waals surface area contributed by atoms with E-state index in [0.29, 0.717) is 0 Å². The molecule has 56 valence electrons. The van der Waals surface area contributed by atoms with Gasteiger partial charge in [-0.25, -0.2) is 0 Å². The fourth-order valence-electron chi connectivity index (χ4n) is 0.394. The highest BCUT2D eigenvalue weighted by atomic mass is 16.5. The topological polar surface area (TPSA) is 46.5 Å². The molecule has 0 saturated carbocycles. The second kappa shape index (κ2) is 4.61. The average Bonchev–Trinajstić information content (AvgIpc) is 1.82. The Morgan fingerprint density at radius 3 is 2.60 bits per heavy atom. The van der Waals surface area contributed by atoms with Gasteiger partial charge in [0.2, 0.25) is 0 Å². The lowest BCUT2D eigenvalue weighted by Crippen LogP contribution is -1.84. The van der Waals surface area contributed by atoms with E-state index in [2.05, 4.69) is 4.74 Å². The van der Waals surface area contributed by atoms with Gasteiger partial charge in [0.25, 0.3) is 0 Å². The van der Waals surface area contributed by atoms with Crippen LogP contribution in [0.25, 0.3) is 0 Å². The van der Waals surface area contributed by atoms with Gasteiger partial charge in [0.15, 0.2) is 5.78 Å². The number of ketones is 1. The number of allylic oxidation sites excluding steroid dienone is 2. The zero-order chi connectivity index (χ0) is 7.98. The van der Waals surface area contributed by atoms with Gasteiger partial charge < -0.3 is 9.84 Å². The lowest BCUT2D eigenvalue weighted by Gasteiger charge is -1.87. The SMILES string of the molecule is COC=C/C(O)=C/C(C)=O. The van der Waals surface area contributed by atoms with Gasteiger partial charge in [0.05, 0.1) is 13.4 Å². The molecule has 0 aliphatic carbocycles. The van der Waals surface area contributed by atoms with Crippen LogP contribution >= 0.6 is 0 Å². The Balaban J connectivity index is 3.94. The highest BCUT2D eigenvalue weighted by Crippen LogP contribution is 1.90. The summed E-state index contributed by atoms with van der Waals surface area (Å²) in [6.07, 6.45) is 3.69. The van der Waals surface area contributed by atoms with Crippen molar-refractivity contribution in [3.8, 4) is 0 Å². The van der Waals surface area contributed by atoms with E-state index in [4.69, 9.17) is 5.11 Å². The molecule has 0 bridgehead atoms. The lowest BCUT2D eigenvalue weighted by molar-refractivity contribution is -0.112. The molecule has 0 heterocycles. The summed E-state index contributed by atoms with van der Waals surface area (Å²) in [5, 5.41) is 8.82. The standard InChI is InChI=1S/C7H10O3/c1-6(8)5-7(9)3-4-10-2/h3-5,9H,1-2H3/b4-3?,7-5-. The minimum atomic E-state index is -0.196. The fourth-order valence-corrected chi connectivity index (χ4v) is 0.394. The van der Waals surface area contributed by atoms with E-state index in [-0.39, 0.29) is 11.5 Å². The molecule has 0 radical (unpaired) electrons. The molecular formula is C7H10O3. The minimum absolute atomic E-state index is 0.102. The number of hydrogen-bond donors (Lipinski definition) is 1. The molecule has 3 heteroatoms. The molecule has 3 nitrogen and oxygen atoms in total. The van der Waals surface area contributed by atoms with Crippen LogP contribution in [0, 0.1) is 0 Å². The van der Waals surface area contributed by atoms with Gasteiger partial charge in [0.1, 0.15) is 5.76 Å². The monoisotopic (exact) mass is 142 g/mol. The van der Waals surface area contributed by atoms with Crippen molar-refractivity contribution < 1.29 is 14.6 Å². The first kappa shape index (κ1) is 8.75. The predicted octanol–water partition coefficient (Wildman–Crippen LogP) is 1.18. The third-order valence-corrected chi connectivity index (χ3v) is 0.726. The van der Waals surface area contributed by atoms with E-state index in [1.807, 2.05) is 0 Å². The lowest BCUT2D eigenvalue weighted by atomic mass is 10.3. The van der Waals surface area contributed by atoms with Gasteiger partial charge in [-0.2, -0.15) is 0 Å². The Labute approximate surface area is 59.6 Å².